The molecule has 20 nitrogen and oxygen atoms in total. The van der Waals surface area contributed by atoms with Gasteiger partial charge in [-0.2, -0.15) is 4.98 Å². The summed E-state index contributed by atoms with van der Waals surface area (Å²) in [6, 6.07) is 0. The fourth-order valence-corrected chi connectivity index (χ4v) is 7.28. The van der Waals surface area contributed by atoms with Crippen LogP contribution in [0.5, 0.6) is 0 Å². The van der Waals surface area contributed by atoms with Gasteiger partial charge in [0.15, 0.2) is 22.6 Å². The first-order chi connectivity index (χ1) is 20.5. The highest BCUT2D eigenvalue weighted by molar-refractivity contribution is 7.56. The molecule has 43 heavy (non-hydrogen) atoms. The van der Waals surface area contributed by atoms with Crippen LogP contribution < -0.4 is 17.0 Å². The fourth-order valence-electron chi connectivity index (χ4n) is 5.27. The standard InChI is InChI=1S/C21H24N10O10P2/c22-17-15-18(25-6-24-17)30(7-26-15)13-3-10-9(38-13)1-2-42(33,34)40-11-4-14(39-12(11)5-37-43(35,36)41-10)31-8-27-16-19(31)28-21(23)29-20(16)32/h1-2,6-14H,3-5H2,(H,33,34)(H,35,36)(H2,22,24,25)(H3,23,28,29,32)/b2-1+/t9-,10+,11+,12-,13-,14-/m1/s1. The Bertz CT molecular complexity index is 1910. The van der Waals surface area contributed by atoms with Crippen molar-refractivity contribution >= 4 is 49.5 Å². The van der Waals surface area contributed by atoms with Crippen molar-refractivity contribution in [3.63, 3.8) is 0 Å². The van der Waals surface area contributed by atoms with Gasteiger partial charge in [0.05, 0.1) is 19.3 Å². The van der Waals surface area contributed by atoms with Crippen LogP contribution in [0.4, 0.5) is 11.8 Å². The smallest absolute Gasteiger partial charge is 0.382 e. The van der Waals surface area contributed by atoms with Crippen molar-refractivity contribution in [2.45, 2.75) is 49.7 Å². The van der Waals surface area contributed by atoms with Crippen LogP contribution in [0.25, 0.3) is 22.3 Å². The van der Waals surface area contributed by atoms with E-state index in [0.717, 1.165) is 5.82 Å². The van der Waals surface area contributed by atoms with Crippen LogP contribution in [0, 0.1) is 0 Å². The minimum atomic E-state index is -4.73. The third-order valence-electron chi connectivity index (χ3n) is 7.17. The maximum absolute atomic E-state index is 13.2. The average molecular weight is 638 g/mol. The lowest BCUT2D eigenvalue weighted by Gasteiger charge is -2.24. The Hall–Kier alpha value is -3.58. The third kappa shape index (κ3) is 5.26. The molecular weight excluding hydrogens is 614 g/mol. The summed E-state index contributed by atoms with van der Waals surface area (Å²) < 4.78 is 57.4. The lowest BCUT2D eigenvalue weighted by Crippen LogP contribution is -2.29. The number of phosphoric acid groups is 1. The van der Waals surface area contributed by atoms with E-state index in [-0.39, 0.29) is 35.8 Å². The molecule has 8 atom stereocenters. The van der Waals surface area contributed by atoms with E-state index >= 15 is 0 Å². The summed E-state index contributed by atoms with van der Waals surface area (Å²) in [4.78, 5) is 56.3. The van der Waals surface area contributed by atoms with Crippen molar-refractivity contribution in [3.05, 3.63) is 41.2 Å². The topological polar surface area (TPSA) is 280 Å². The first kappa shape index (κ1) is 28.2. The molecular formula is C21H24N10O10P2. The lowest BCUT2D eigenvalue weighted by atomic mass is 10.2. The number of rotatable bonds is 2. The number of nitrogens with zero attached hydrogens (tertiary/aromatic N) is 7. The number of hydrogen-bond donors (Lipinski definition) is 5. The van der Waals surface area contributed by atoms with Gasteiger partial charge in [-0.05, 0) is 6.08 Å². The van der Waals surface area contributed by atoms with Gasteiger partial charge in [-0.3, -0.25) is 37.0 Å². The van der Waals surface area contributed by atoms with Gasteiger partial charge in [-0.25, -0.2) is 24.5 Å². The number of anilines is 2. The van der Waals surface area contributed by atoms with Crippen LogP contribution in [0.1, 0.15) is 25.3 Å². The monoisotopic (exact) mass is 638 g/mol. The van der Waals surface area contributed by atoms with E-state index in [1.165, 1.54) is 29.6 Å². The second-order valence-electron chi connectivity index (χ2n) is 9.97. The SMILES string of the molecule is Nc1nc2c(ncn2[C@H]2C[C@@H]3OP(=O)(O)/C=C/[C@H]4O[C@@H](n5cnc6c(N)ncnc65)C[C@@H]4OP(=O)(O)OC[C@H]3O2)c(=O)[nH]1. The highest BCUT2D eigenvalue weighted by atomic mass is 31.2. The number of H-pyrrole nitrogens is 1. The van der Waals surface area contributed by atoms with E-state index in [4.69, 9.17) is 34.5 Å². The Kier molecular flexibility index (Phi) is 6.73. The Morgan fingerprint density at radius 3 is 2.44 bits per heavy atom. The van der Waals surface area contributed by atoms with Gasteiger partial charge in [-0.15, -0.1) is 0 Å². The maximum Gasteiger partial charge on any atom is 0.472 e. The van der Waals surface area contributed by atoms with Crippen LogP contribution >= 0.6 is 15.4 Å². The second kappa shape index (κ2) is 10.3. The van der Waals surface area contributed by atoms with Crippen LogP contribution in [-0.4, -0.2) is 79.8 Å². The first-order valence-corrected chi connectivity index (χ1v) is 15.9. The van der Waals surface area contributed by atoms with Crippen molar-refractivity contribution in [2.75, 3.05) is 18.1 Å². The van der Waals surface area contributed by atoms with E-state index in [1.54, 1.807) is 4.57 Å². The summed E-state index contributed by atoms with van der Waals surface area (Å²) in [6.45, 7) is -0.550. The van der Waals surface area contributed by atoms with Gasteiger partial charge in [0.2, 0.25) is 5.95 Å². The summed E-state index contributed by atoms with van der Waals surface area (Å²) in [5.41, 5.74) is 11.8. The number of phosphoric ester groups is 1. The number of nitrogen functional groups attached to an aromatic ring is 2. The molecule has 4 aromatic rings. The Labute approximate surface area is 239 Å². The largest absolute Gasteiger partial charge is 0.472 e. The molecule has 0 spiro atoms. The van der Waals surface area contributed by atoms with Gasteiger partial charge in [-0.1, -0.05) is 0 Å². The molecule has 2 fully saturated rings. The molecule has 0 aliphatic carbocycles. The lowest BCUT2D eigenvalue weighted by molar-refractivity contribution is -0.0444. The van der Waals surface area contributed by atoms with E-state index < -0.39 is 64.5 Å². The van der Waals surface area contributed by atoms with Crippen LogP contribution in [0.3, 0.4) is 0 Å². The Morgan fingerprint density at radius 2 is 1.63 bits per heavy atom. The van der Waals surface area contributed by atoms with Crippen molar-refractivity contribution in [1.29, 1.82) is 0 Å². The molecule has 0 radical (unpaired) electrons. The number of imidazole rings is 2. The van der Waals surface area contributed by atoms with Crippen molar-refractivity contribution in [1.82, 2.24) is 39.0 Å². The summed E-state index contributed by atoms with van der Waals surface area (Å²) in [6.07, 6.45) is -0.892. The van der Waals surface area contributed by atoms with Crippen LogP contribution in [0.15, 0.2) is 35.7 Å². The van der Waals surface area contributed by atoms with Gasteiger partial charge in [0.1, 0.15) is 48.7 Å². The predicted octanol–water partition coefficient (Wildman–Crippen LogP) is 0.299. The molecule has 2 saturated heterocycles. The summed E-state index contributed by atoms with van der Waals surface area (Å²) in [7, 11) is -9.16. The number of nitrogens with one attached hydrogen (secondary N) is 1. The number of fused-ring (bicyclic) bond motifs is 4. The van der Waals surface area contributed by atoms with Crippen molar-refractivity contribution in [2.24, 2.45) is 0 Å². The molecule has 22 heteroatoms. The molecule has 228 valence electrons. The molecule has 3 aliphatic heterocycles. The molecule has 0 bridgehead atoms. The normalized spacial score (nSPS) is 35.8. The highest BCUT2D eigenvalue weighted by Crippen LogP contribution is 2.53. The Balaban J connectivity index is 1.16. The fraction of sp³-hybridized carbons (Fsp3) is 0.429. The quantitative estimate of drug-likeness (QED) is 0.185. The maximum atomic E-state index is 13.2. The first-order valence-electron chi connectivity index (χ1n) is 12.8. The Morgan fingerprint density at radius 1 is 0.907 bits per heavy atom. The van der Waals surface area contributed by atoms with Gasteiger partial charge in [0, 0.05) is 18.7 Å². The zero-order chi connectivity index (χ0) is 30.1. The van der Waals surface area contributed by atoms with E-state index in [9.17, 15) is 23.7 Å². The zero-order valence-corrected chi connectivity index (χ0v) is 23.6. The molecule has 2 unspecified atom stereocenters. The summed E-state index contributed by atoms with van der Waals surface area (Å²) in [5.74, 6) is 0.924. The summed E-state index contributed by atoms with van der Waals surface area (Å²) >= 11 is 0. The van der Waals surface area contributed by atoms with Crippen LogP contribution in [-0.2, 0) is 32.2 Å². The van der Waals surface area contributed by atoms with E-state index in [0.29, 0.717) is 11.2 Å². The molecule has 0 saturated carbocycles. The third-order valence-corrected chi connectivity index (χ3v) is 9.31. The van der Waals surface area contributed by atoms with Gasteiger partial charge >= 0.3 is 15.4 Å². The van der Waals surface area contributed by atoms with Crippen molar-refractivity contribution < 1.29 is 42.0 Å². The molecule has 0 aromatic carbocycles. The van der Waals surface area contributed by atoms with E-state index in [2.05, 4.69) is 29.9 Å². The zero-order valence-electron chi connectivity index (χ0n) is 21.8. The molecule has 4 aromatic heterocycles. The number of aromatic amines is 1. The molecule has 7 N–H and O–H groups in total. The number of nitrogens with two attached hydrogens (primary N) is 2. The molecule has 3 aliphatic rings. The van der Waals surface area contributed by atoms with Crippen LogP contribution in [0.2, 0.25) is 0 Å². The number of aromatic nitrogens is 8. The highest BCUT2D eigenvalue weighted by Gasteiger charge is 2.46. The second-order valence-corrected chi connectivity index (χ2v) is 13.0. The molecule has 0 amide bonds. The average Bonchev–Trinajstić information content (AvgIpc) is 3.71. The molecule has 7 rings (SSSR count). The number of hydrogen-bond acceptors (Lipinski definition) is 15. The predicted molar refractivity (Wildman–Crippen MR) is 144 cm³/mol. The summed E-state index contributed by atoms with van der Waals surface area (Å²) in [5, 5.41) is 0. The van der Waals surface area contributed by atoms with Gasteiger partial charge in [0.25, 0.3) is 5.56 Å². The van der Waals surface area contributed by atoms with E-state index in [1.807, 2.05) is 0 Å². The number of ether oxygens (including phenoxy) is 2. The minimum absolute atomic E-state index is 0.00525. The van der Waals surface area contributed by atoms with Gasteiger partial charge < -0.3 is 30.7 Å². The van der Waals surface area contributed by atoms with Crippen molar-refractivity contribution in [3.8, 4) is 0 Å². The molecule has 7 heterocycles. The minimum Gasteiger partial charge on any atom is -0.382 e.